The summed E-state index contributed by atoms with van der Waals surface area (Å²) in [6.45, 7) is 15.5. The number of thiazole rings is 1. The predicted molar refractivity (Wildman–Crippen MR) is 87.8 cm³/mol. The number of aromatic nitrogens is 1. The van der Waals surface area contributed by atoms with Crippen LogP contribution in [0, 0.1) is 6.92 Å². The van der Waals surface area contributed by atoms with Gasteiger partial charge in [0.1, 0.15) is 0 Å². The second kappa shape index (κ2) is 7.38. The molecule has 0 saturated carbocycles. The Kier molecular flexibility index (Phi) is 6.43. The summed E-state index contributed by atoms with van der Waals surface area (Å²) in [7, 11) is 1.74. The van der Waals surface area contributed by atoms with Crippen molar-refractivity contribution in [3.8, 4) is 0 Å². The maximum absolute atomic E-state index is 5.20. The summed E-state index contributed by atoms with van der Waals surface area (Å²) in [5.74, 6) is 0. The normalized spacial score (nSPS) is 12.2. The highest BCUT2D eigenvalue weighted by molar-refractivity contribution is 7.15. The molecule has 1 aromatic heterocycles. The van der Waals surface area contributed by atoms with Crippen molar-refractivity contribution in [3.05, 3.63) is 10.6 Å². The highest BCUT2D eigenvalue weighted by Crippen LogP contribution is 2.27. The van der Waals surface area contributed by atoms with E-state index in [1.165, 1.54) is 4.88 Å². The standard InChI is InChI=1S/C15H29N3OS/c1-11(2)18(8-9-19-7)14-17-12(3)13(20-14)10-16-15(4,5)6/h11,16H,8-10H2,1-7H3. The van der Waals surface area contributed by atoms with E-state index >= 15 is 0 Å². The van der Waals surface area contributed by atoms with Gasteiger partial charge < -0.3 is 15.0 Å². The van der Waals surface area contributed by atoms with E-state index in [0.29, 0.717) is 6.04 Å². The van der Waals surface area contributed by atoms with Crippen LogP contribution in [0.25, 0.3) is 0 Å². The topological polar surface area (TPSA) is 37.4 Å². The molecule has 20 heavy (non-hydrogen) atoms. The van der Waals surface area contributed by atoms with Crippen LogP contribution < -0.4 is 10.2 Å². The Bertz CT molecular complexity index is 410. The first kappa shape index (κ1) is 17.4. The molecule has 0 unspecified atom stereocenters. The minimum absolute atomic E-state index is 0.129. The number of ether oxygens (including phenoxy) is 1. The molecule has 116 valence electrons. The molecule has 0 radical (unpaired) electrons. The molecule has 0 aromatic carbocycles. The molecule has 0 aliphatic carbocycles. The third-order valence-corrected chi connectivity index (χ3v) is 4.26. The lowest BCUT2D eigenvalue weighted by atomic mass is 10.1. The fourth-order valence-corrected chi connectivity index (χ4v) is 2.97. The fourth-order valence-electron chi connectivity index (χ4n) is 1.81. The number of methoxy groups -OCH3 is 1. The number of aryl methyl sites for hydroxylation is 1. The van der Waals surface area contributed by atoms with Gasteiger partial charge in [0, 0.05) is 36.7 Å². The van der Waals surface area contributed by atoms with Crippen LogP contribution in [0.4, 0.5) is 5.13 Å². The molecule has 1 aromatic rings. The first-order chi connectivity index (χ1) is 9.24. The summed E-state index contributed by atoms with van der Waals surface area (Å²) in [5.41, 5.74) is 1.26. The quantitative estimate of drug-likeness (QED) is 0.839. The van der Waals surface area contributed by atoms with Crippen molar-refractivity contribution in [3.63, 3.8) is 0 Å². The van der Waals surface area contributed by atoms with Crippen molar-refractivity contribution in [2.75, 3.05) is 25.2 Å². The van der Waals surface area contributed by atoms with Crippen molar-refractivity contribution in [1.82, 2.24) is 10.3 Å². The molecule has 0 aliphatic heterocycles. The minimum Gasteiger partial charge on any atom is -0.383 e. The molecule has 0 saturated heterocycles. The number of anilines is 1. The maximum Gasteiger partial charge on any atom is 0.186 e. The highest BCUT2D eigenvalue weighted by Gasteiger charge is 2.18. The van der Waals surface area contributed by atoms with Gasteiger partial charge in [-0.15, -0.1) is 11.3 Å². The van der Waals surface area contributed by atoms with Crippen LogP contribution in [0.1, 0.15) is 45.2 Å². The van der Waals surface area contributed by atoms with Crippen LogP contribution in [0.3, 0.4) is 0 Å². The Hall–Kier alpha value is -0.650. The Labute approximate surface area is 127 Å². The van der Waals surface area contributed by atoms with E-state index in [4.69, 9.17) is 9.72 Å². The Morgan fingerprint density at radius 2 is 2.00 bits per heavy atom. The van der Waals surface area contributed by atoms with Gasteiger partial charge in [-0.3, -0.25) is 0 Å². The average Bonchev–Trinajstić information content (AvgIpc) is 2.67. The van der Waals surface area contributed by atoms with Crippen LogP contribution in [0.15, 0.2) is 0 Å². The lowest BCUT2D eigenvalue weighted by Crippen LogP contribution is -2.35. The molecule has 5 heteroatoms. The summed E-state index contributed by atoms with van der Waals surface area (Å²) in [6, 6.07) is 0.430. The molecular weight excluding hydrogens is 270 g/mol. The zero-order valence-electron chi connectivity index (χ0n) is 13.9. The van der Waals surface area contributed by atoms with E-state index in [-0.39, 0.29) is 5.54 Å². The van der Waals surface area contributed by atoms with Crippen LogP contribution in [0.5, 0.6) is 0 Å². The largest absolute Gasteiger partial charge is 0.383 e. The Balaban J connectivity index is 2.80. The van der Waals surface area contributed by atoms with E-state index in [1.54, 1.807) is 18.4 Å². The smallest absolute Gasteiger partial charge is 0.186 e. The fraction of sp³-hybridized carbons (Fsp3) is 0.800. The van der Waals surface area contributed by atoms with Gasteiger partial charge in [0.15, 0.2) is 5.13 Å². The predicted octanol–water partition coefficient (Wildman–Crippen LogP) is 3.20. The SMILES string of the molecule is COCCN(c1nc(C)c(CNC(C)(C)C)s1)C(C)C. The second-order valence-corrected chi connectivity index (χ2v) is 7.45. The van der Waals surface area contributed by atoms with Crippen LogP contribution in [-0.4, -0.2) is 36.8 Å². The molecule has 0 bridgehead atoms. The molecule has 1 rings (SSSR count). The third-order valence-electron chi connectivity index (χ3n) is 3.07. The minimum atomic E-state index is 0.129. The number of nitrogens with one attached hydrogen (secondary N) is 1. The summed E-state index contributed by atoms with van der Waals surface area (Å²) >= 11 is 1.78. The highest BCUT2D eigenvalue weighted by atomic mass is 32.1. The summed E-state index contributed by atoms with van der Waals surface area (Å²) < 4.78 is 5.20. The van der Waals surface area contributed by atoms with Crippen molar-refractivity contribution < 1.29 is 4.74 Å². The Morgan fingerprint density at radius 1 is 1.35 bits per heavy atom. The van der Waals surface area contributed by atoms with Crippen molar-refractivity contribution >= 4 is 16.5 Å². The molecule has 0 aliphatic rings. The van der Waals surface area contributed by atoms with Crippen LogP contribution in [-0.2, 0) is 11.3 Å². The van der Waals surface area contributed by atoms with Crippen molar-refractivity contribution in [2.24, 2.45) is 0 Å². The van der Waals surface area contributed by atoms with Crippen LogP contribution >= 0.6 is 11.3 Å². The van der Waals surface area contributed by atoms with Gasteiger partial charge in [-0.25, -0.2) is 4.98 Å². The molecule has 0 spiro atoms. The summed E-state index contributed by atoms with van der Waals surface area (Å²) in [5, 5.41) is 4.63. The van der Waals surface area contributed by atoms with Gasteiger partial charge in [0.25, 0.3) is 0 Å². The molecular formula is C15H29N3OS. The van der Waals surface area contributed by atoms with Crippen molar-refractivity contribution in [2.45, 2.75) is 59.7 Å². The van der Waals surface area contributed by atoms with Gasteiger partial charge in [-0.1, -0.05) is 0 Å². The molecule has 0 amide bonds. The van der Waals surface area contributed by atoms with Gasteiger partial charge in [0.05, 0.1) is 12.3 Å². The number of hydrogen-bond acceptors (Lipinski definition) is 5. The lowest BCUT2D eigenvalue weighted by Gasteiger charge is -2.25. The first-order valence-electron chi connectivity index (χ1n) is 7.21. The number of nitrogens with zero attached hydrogens (tertiary/aromatic N) is 2. The molecule has 0 atom stereocenters. The van der Waals surface area contributed by atoms with E-state index in [2.05, 4.69) is 51.8 Å². The molecule has 1 N–H and O–H groups in total. The summed E-state index contributed by atoms with van der Waals surface area (Å²) in [4.78, 5) is 8.36. The molecule has 4 nitrogen and oxygen atoms in total. The summed E-state index contributed by atoms with van der Waals surface area (Å²) in [6.07, 6.45) is 0. The van der Waals surface area contributed by atoms with Gasteiger partial charge in [-0.2, -0.15) is 0 Å². The average molecular weight is 299 g/mol. The number of hydrogen-bond donors (Lipinski definition) is 1. The molecule has 1 heterocycles. The van der Waals surface area contributed by atoms with Gasteiger partial charge in [-0.05, 0) is 41.5 Å². The van der Waals surface area contributed by atoms with Gasteiger partial charge >= 0.3 is 0 Å². The lowest BCUT2D eigenvalue weighted by molar-refractivity contribution is 0.204. The van der Waals surface area contributed by atoms with E-state index in [0.717, 1.165) is 30.5 Å². The zero-order valence-corrected chi connectivity index (χ0v) is 14.7. The van der Waals surface area contributed by atoms with E-state index in [9.17, 15) is 0 Å². The van der Waals surface area contributed by atoms with E-state index < -0.39 is 0 Å². The number of rotatable bonds is 7. The second-order valence-electron chi connectivity index (χ2n) is 6.39. The third kappa shape index (κ3) is 5.38. The maximum atomic E-state index is 5.20. The zero-order chi connectivity index (χ0) is 15.3. The van der Waals surface area contributed by atoms with Gasteiger partial charge in [0.2, 0.25) is 0 Å². The molecule has 0 fully saturated rings. The first-order valence-corrected chi connectivity index (χ1v) is 8.03. The monoisotopic (exact) mass is 299 g/mol. The van der Waals surface area contributed by atoms with E-state index in [1.807, 2.05) is 0 Å². The van der Waals surface area contributed by atoms with Crippen molar-refractivity contribution in [1.29, 1.82) is 0 Å². The van der Waals surface area contributed by atoms with Crippen LogP contribution in [0.2, 0.25) is 0 Å². The Morgan fingerprint density at radius 3 is 2.50 bits per heavy atom.